The van der Waals surface area contributed by atoms with Crippen LogP contribution in [0.2, 0.25) is 0 Å². The molecule has 2 heterocycles. The van der Waals surface area contributed by atoms with E-state index in [0.29, 0.717) is 0 Å². The Bertz CT molecular complexity index is 466. The van der Waals surface area contributed by atoms with Crippen molar-refractivity contribution in [1.29, 1.82) is 0 Å². The Morgan fingerprint density at radius 3 is 2.83 bits per heavy atom. The molecule has 0 radical (unpaired) electrons. The van der Waals surface area contributed by atoms with E-state index in [1.807, 2.05) is 18.2 Å². The predicted octanol–water partition coefficient (Wildman–Crippen LogP) is 1.24. The van der Waals surface area contributed by atoms with Gasteiger partial charge in [0.1, 0.15) is 5.75 Å². The molecule has 1 atom stereocenters. The first-order chi connectivity index (χ1) is 8.78. The van der Waals surface area contributed by atoms with Crippen molar-refractivity contribution in [3.8, 4) is 5.75 Å². The van der Waals surface area contributed by atoms with Crippen LogP contribution in [0.3, 0.4) is 0 Å². The van der Waals surface area contributed by atoms with Crippen molar-refractivity contribution in [2.45, 2.75) is 24.4 Å². The molecule has 0 amide bonds. The molecule has 1 aromatic carbocycles. The topological polar surface area (TPSA) is 47.6 Å². The molecule has 1 saturated heterocycles. The highest BCUT2D eigenvalue weighted by Crippen LogP contribution is 2.48. The number of fused-ring (bicyclic) bond motifs is 2. The third-order valence-electron chi connectivity index (χ3n) is 4.08. The highest BCUT2D eigenvalue weighted by atomic mass is 16.6. The maximum absolute atomic E-state index is 12.0. The van der Waals surface area contributed by atoms with Crippen molar-refractivity contribution in [3.63, 3.8) is 0 Å². The number of piperidine rings is 1. The molecule has 0 aliphatic carbocycles. The molecule has 1 aromatic rings. The molecule has 4 nitrogen and oxygen atoms in total. The van der Waals surface area contributed by atoms with Gasteiger partial charge in [0.25, 0.3) is 0 Å². The molecule has 0 aromatic heterocycles. The van der Waals surface area contributed by atoms with Crippen LogP contribution < -0.4 is 10.1 Å². The van der Waals surface area contributed by atoms with Gasteiger partial charge in [0, 0.05) is 11.0 Å². The number of nitrogens with one attached hydrogen (secondary N) is 1. The molecule has 1 spiro atoms. The van der Waals surface area contributed by atoms with E-state index < -0.39 is 6.10 Å². The fraction of sp³-hybridized carbons (Fsp3) is 0.500. The second-order valence-corrected chi connectivity index (χ2v) is 4.92. The van der Waals surface area contributed by atoms with E-state index >= 15 is 0 Å². The molecular formula is C14H17NO3. The maximum atomic E-state index is 12.0. The second-order valence-electron chi connectivity index (χ2n) is 4.92. The van der Waals surface area contributed by atoms with Gasteiger partial charge in [-0.3, -0.25) is 0 Å². The number of ether oxygens (including phenoxy) is 2. The zero-order valence-corrected chi connectivity index (χ0v) is 10.4. The summed E-state index contributed by atoms with van der Waals surface area (Å²) in [4.78, 5) is 12.0. The fourth-order valence-corrected chi connectivity index (χ4v) is 3.15. The average molecular weight is 247 g/mol. The minimum absolute atomic E-state index is 0.213. The van der Waals surface area contributed by atoms with Crippen LogP contribution in [0.15, 0.2) is 24.3 Å². The standard InChI is InChI=1S/C14H17NO3/c1-17-13(16)12-14(6-8-15-9-7-14)10-4-2-3-5-11(10)18-12/h2-5,12,15H,6-9H2,1H3/t12-/m0/s1. The summed E-state index contributed by atoms with van der Waals surface area (Å²) in [6, 6.07) is 7.95. The van der Waals surface area contributed by atoms with Crippen molar-refractivity contribution >= 4 is 5.97 Å². The predicted molar refractivity (Wildman–Crippen MR) is 66.7 cm³/mol. The lowest BCUT2D eigenvalue weighted by Crippen LogP contribution is -2.50. The van der Waals surface area contributed by atoms with E-state index in [0.717, 1.165) is 37.2 Å². The van der Waals surface area contributed by atoms with Crippen LogP contribution in [0.5, 0.6) is 5.75 Å². The summed E-state index contributed by atoms with van der Waals surface area (Å²) in [6.07, 6.45) is 1.31. The van der Waals surface area contributed by atoms with Crippen LogP contribution >= 0.6 is 0 Å². The summed E-state index contributed by atoms with van der Waals surface area (Å²) < 4.78 is 10.8. The Hall–Kier alpha value is -1.55. The van der Waals surface area contributed by atoms with E-state index in [1.165, 1.54) is 7.11 Å². The minimum atomic E-state index is -0.498. The quantitative estimate of drug-likeness (QED) is 0.759. The van der Waals surface area contributed by atoms with Gasteiger partial charge < -0.3 is 14.8 Å². The molecule has 3 rings (SSSR count). The van der Waals surface area contributed by atoms with Gasteiger partial charge in [-0.15, -0.1) is 0 Å². The molecule has 96 valence electrons. The number of benzene rings is 1. The van der Waals surface area contributed by atoms with Gasteiger partial charge >= 0.3 is 5.97 Å². The zero-order valence-electron chi connectivity index (χ0n) is 10.4. The third-order valence-corrected chi connectivity index (χ3v) is 4.08. The summed E-state index contributed by atoms with van der Waals surface area (Å²) in [5.41, 5.74) is 0.941. The molecule has 0 unspecified atom stereocenters. The molecule has 1 fully saturated rings. The van der Waals surface area contributed by atoms with Crippen molar-refractivity contribution in [2.75, 3.05) is 20.2 Å². The van der Waals surface area contributed by atoms with Crippen LogP contribution in [-0.4, -0.2) is 32.3 Å². The smallest absolute Gasteiger partial charge is 0.348 e. The first-order valence-electron chi connectivity index (χ1n) is 6.33. The first kappa shape index (κ1) is 11.5. The van der Waals surface area contributed by atoms with Gasteiger partial charge in [0.15, 0.2) is 0 Å². The van der Waals surface area contributed by atoms with E-state index in [4.69, 9.17) is 9.47 Å². The van der Waals surface area contributed by atoms with Crippen LogP contribution in [0.4, 0.5) is 0 Å². The Morgan fingerprint density at radius 1 is 1.39 bits per heavy atom. The van der Waals surface area contributed by atoms with Gasteiger partial charge in [0.2, 0.25) is 6.10 Å². The van der Waals surface area contributed by atoms with Gasteiger partial charge in [-0.1, -0.05) is 18.2 Å². The highest BCUT2D eigenvalue weighted by molar-refractivity contribution is 5.79. The lowest BCUT2D eigenvalue weighted by atomic mass is 9.70. The lowest BCUT2D eigenvalue weighted by Gasteiger charge is -2.36. The monoisotopic (exact) mass is 247 g/mol. The number of carbonyl (C=O) groups is 1. The number of methoxy groups -OCH3 is 1. The first-order valence-corrected chi connectivity index (χ1v) is 6.33. The largest absolute Gasteiger partial charge is 0.477 e. The maximum Gasteiger partial charge on any atom is 0.348 e. The summed E-state index contributed by atoms with van der Waals surface area (Å²) in [5.74, 6) is 0.558. The van der Waals surface area contributed by atoms with E-state index in [2.05, 4.69) is 11.4 Å². The lowest BCUT2D eigenvalue weighted by molar-refractivity contribution is -0.151. The minimum Gasteiger partial charge on any atom is -0.477 e. The average Bonchev–Trinajstić information content (AvgIpc) is 2.74. The fourth-order valence-electron chi connectivity index (χ4n) is 3.15. The normalized spacial score (nSPS) is 24.4. The van der Waals surface area contributed by atoms with Crippen molar-refractivity contribution in [2.24, 2.45) is 0 Å². The van der Waals surface area contributed by atoms with Gasteiger partial charge in [0.05, 0.1) is 7.11 Å². The molecule has 2 aliphatic rings. The highest BCUT2D eigenvalue weighted by Gasteiger charge is 2.53. The summed E-state index contributed by atoms with van der Waals surface area (Å²) >= 11 is 0. The Kier molecular flexibility index (Phi) is 2.74. The zero-order chi connectivity index (χ0) is 12.6. The van der Waals surface area contributed by atoms with E-state index in [-0.39, 0.29) is 11.4 Å². The van der Waals surface area contributed by atoms with E-state index in [9.17, 15) is 4.79 Å². The van der Waals surface area contributed by atoms with Crippen molar-refractivity contribution in [3.05, 3.63) is 29.8 Å². The Balaban J connectivity index is 2.06. The second kappa shape index (κ2) is 4.28. The number of hydrogen-bond donors (Lipinski definition) is 1. The van der Waals surface area contributed by atoms with Gasteiger partial charge in [-0.2, -0.15) is 0 Å². The van der Waals surface area contributed by atoms with Gasteiger partial charge in [-0.05, 0) is 32.0 Å². The Labute approximate surface area is 106 Å². The molecular weight excluding hydrogens is 230 g/mol. The molecule has 0 saturated carbocycles. The van der Waals surface area contributed by atoms with Gasteiger partial charge in [-0.25, -0.2) is 4.79 Å². The number of carbonyl (C=O) groups excluding carboxylic acids is 1. The number of esters is 1. The summed E-state index contributed by atoms with van der Waals surface area (Å²) in [6.45, 7) is 1.82. The number of hydrogen-bond acceptors (Lipinski definition) is 4. The molecule has 0 bridgehead atoms. The van der Waals surface area contributed by atoms with Crippen LogP contribution in [-0.2, 0) is 14.9 Å². The van der Waals surface area contributed by atoms with Crippen molar-refractivity contribution < 1.29 is 14.3 Å². The van der Waals surface area contributed by atoms with Crippen LogP contribution in [0, 0.1) is 0 Å². The number of para-hydroxylation sites is 1. The summed E-state index contributed by atoms with van der Waals surface area (Å²) in [5, 5.41) is 3.34. The molecule has 2 aliphatic heterocycles. The Morgan fingerprint density at radius 2 is 2.11 bits per heavy atom. The third kappa shape index (κ3) is 1.52. The van der Waals surface area contributed by atoms with Crippen LogP contribution in [0.1, 0.15) is 18.4 Å². The van der Waals surface area contributed by atoms with Crippen LogP contribution in [0.25, 0.3) is 0 Å². The summed E-state index contributed by atoms with van der Waals surface area (Å²) in [7, 11) is 1.42. The molecule has 1 N–H and O–H groups in total. The van der Waals surface area contributed by atoms with E-state index in [1.54, 1.807) is 0 Å². The molecule has 4 heteroatoms. The number of rotatable bonds is 1. The SMILES string of the molecule is COC(=O)[C@@H]1Oc2ccccc2C12CCNCC2. The van der Waals surface area contributed by atoms with Crippen molar-refractivity contribution in [1.82, 2.24) is 5.32 Å². The molecule has 18 heavy (non-hydrogen) atoms.